The molecule has 0 aliphatic rings. The maximum absolute atomic E-state index is 13.1. The topological polar surface area (TPSA) is 53.8 Å². The van der Waals surface area contributed by atoms with E-state index in [1.54, 1.807) is 34.4 Å². The number of carbonyl (C=O) groups excluding carboxylic acids is 2. The minimum absolute atomic E-state index is 0.0379. The zero-order chi connectivity index (χ0) is 19.8. The van der Waals surface area contributed by atoms with Crippen LogP contribution in [0.2, 0.25) is 0 Å². The molecule has 0 spiro atoms. The molecule has 2 heterocycles. The first-order valence-electron chi connectivity index (χ1n) is 8.95. The van der Waals surface area contributed by atoms with Gasteiger partial charge in [-0.15, -0.1) is 17.9 Å². The summed E-state index contributed by atoms with van der Waals surface area (Å²) >= 11 is 1.61. The van der Waals surface area contributed by atoms with Crippen molar-refractivity contribution in [2.24, 2.45) is 0 Å². The molecule has 0 saturated heterocycles. The quantitative estimate of drug-likeness (QED) is 0.511. The summed E-state index contributed by atoms with van der Waals surface area (Å²) in [5, 5.41) is 1.99. The van der Waals surface area contributed by atoms with E-state index >= 15 is 0 Å². The largest absolute Gasteiger partial charge is 0.459 e. The van der Waals surface area contributed by atoms with Crippen molar-refractivity contribution in [3.63, 3.8) is 0 Å². The molecule has 0 saturated carbocycles. The smallest absolute Gasteiger partial charge is 0.290 e. The molecule has 0 aliphatic carbocycles. The number of nitrogens with zero attached hydrogens (tertiary/aromatic N) is 2. The summed E-state index contributed by atoms with van der Waals surface area (Å²) < 4.78 is 5.20. The summed E-state index contributed by atoms with van der Waals surface area (Å²) in [6.07, 6.45) is 3.05. The zero-order valence-corrected chi connectivity index (χ0v) is 16.3. The fourth-order valence-corrected chi connectivity index (χ4v) is 3.54. The van der Waals surface area contributed by atoms with Crippen molar-refractivity contribution in [1.29, 1.82) is 0 Å². The second-order valence-corrected chi connectivity index (χ2v) is 7.30. The highest BCUT2D eigenvalue weighted by molar-refractivity contribution is 7.09. The van der Waals surface area contributed by atoms with Crippen LogP contribution in [0.1, 0.15) is 21.0 Å². The van der Waals surface area contributed by atoms with Gasteiger partial charge < -0.3 is 14.2 Å². The Morgan fingerprint density at radius 1 is 1.00 bits per heavy atom. The first-order valence-corrected chi connectivity index (χ1v) is 9.83. The van der Waals surface area contributed by atoms with Gasteiger partial charge in [0, 0.05) is 18.0 Å². The van der Waals surface area contributed by atoms with E-state index in [0.717, 1.165) is 10.4 Å². The third-order valence-corrected chi connectivity index (χ3v) is 5.05. The Hall–Kier alpha value is -3.12. The first-order chi connectivity index (χ1) is 13.7. The summed E-state index contributed by atoms with van der Waals surface area (Å²) in [4.78, 5) is 30.1. The van der Waals surface area contributed by atoms with Gasteiger partial charge in [-0.05, 0) is 29.1 Å². The Kier molecular flexibility index (Phi) is 6.81. The fourth-order valence-electron chi connectivity index (χ4n) is 2.82. The SMILES string of the molecule is C=CCN(CC(=O)N(Cc1ccccc1)Cc1cccs1)C(=O)c1ccco1. The lowest BCUT2D eigenvalue weighted by molar-refractivity contribution is -0.133. The molecule has 0 N–H and O–H groups in total. The Morgan fingerprint density at radius 3 is 2.46 bits per heavy atom. The average Bonchev–Trinajstić information content (AvgIpc) is 3.41. The maximum atomic E-state index is 13.1. The van der Waals surface area contributed by atoms with Crippen molar-refractivity contribution < 1.29 is 14.0 Å². The summed E-state index contributed by atoms with van der Waals surface area (Å²) in [6.45, 7) is 4.91. The molecule has 0 aliphatic heterocycles. The first kappa shape index (κ1) is 19.6. The van der Waals surface area contributed by atoms with E-state index in [2.05, 4.69) is 6.58 Å². The van der Waals surface area contributed by atoms with Gasteiger partial charge >= 0.3 is 0 Å². The number of benzene rings is 1. The molecule has 28 heavy (non-hydrogen) atoms. The molecule has 2 amide bonds. The van der Waals surface area contributed by atoms with Gasteiger partial charge in [-0.2, -0.15) is 0 Å². The Morgan fingerprint density at radius 2 is 1.82 bits per heavy atom. The molecule has 3 aromatic rings. The lowest BCUT2D eigenvalue weighted by Gasteiger charge is -2.26. The number of rotatable bonds is 9. The van der Waals surface area contributed by atoms with E-state index in [1.165, 1.54) is 11.2 Å². The number of thiophene rings is 1. The van der Waals surface area contributed by atoms with Crippen molar-refractivity contribution in [2.45, 2.75) is 13.1 Å². The van der Waals surface area contributed by atoms with Crippen molar-refractivity contribution in [1.82, 2.24) is 9.80 Å². The Bertz CT molecular complexity index is 889. The highest BCUT2D eigenvalue weighted by atomic mass is 32.1. The van der Waals surface area contributed by atoms with Gasteiger partial charge in [-0.3, -0.25) is 9.59 Å². The van der Waals surface area contributed by atoms with Gasteiger partial charge in [0.05, 0.1) is 12.8 Å². The lowest BCUT2D eigenvalue weighted by Crippen LogP contribution is -2.42. The van der Waals surface area contributed by atoms with Crippen molar-refractivity contribution in [2.75, 3.05) is 13.1 Å². The number of hydrogen-bond acceptors (Lipinski definition) is 4. The van der Waals surface area contributed by atoms with Gasteiger partial charge in [-0.25, -0.2) is 0 Å². The predicted octanol–water partition coefficient (Wildman–Crippen LogP) is 4.20. The Labute approximate surface area is 168 Å². The van der Waals surface area contributed by atoms with E-state index in [1.807, 2.05) is 47.8 Å². The monoisotopic (exact) mass is 394 g/mol. The van der Waals surface area contributed by atoms with Crippen LogP contribution in [0.3, 0.4) is 0 Å². The molecule has 0 fully saturated rings. The third kappa shape index (κ3) is 5.20. The van der Waals surface area contributed by atoms with E-state index in [9.17, 15) is 9.59 Å². The number of hydrogen-bond donors (Lipinski definition) is 0. The highest BCUT2D eigenvalue weighted by Gasteiger charge is 2.23. The van der Waals surface area contributed by atoms with Crippen LogP contribution in [0.25, 0.3) is 0 Å². The molecular formula is C22H22N2O3S. The van der Waals surface area contributed by atoms with E-state index in [4.69, 9.17) is 4.42 Å². The Balaban J connectivity index is 1.76. The van der Waals surface area contributed by atoms with Gasteiger partial charge in [0.2, 0.25) is 5.91 Å². The average molecular weight is 394 g/mol. The van der Waals surface area contributed by atoms with E-state index in [-0.39, 0.29) is 30.7 Å². The minimum Gasteiger partial charge on any atom is -0.459 e. The molecule has 3 rings (SSSR count). The van der Waals surface area contributed by atoms with E-state index in [0.29, 0.717) is 13.1 Å². The molecule has 144 valence electrons. The van der Waals surface area contributed by atoms with Crippen LogP contribution < -0.4 is 0 Å². The second kappa shape index (κ2) is 9.71. The van der Waals surface area contributed by atoms with Crippen LogP contribution in [0.4, 0.5) is 0 Å². The van der Waals surface area contributed by atoms with Gasteiger partial charge in [-0.1, -0.05) is 42.5 Å². The molecule has 0 bridgehead atoms. The number of furan rings is 1. The zero-order valence-electron chi connectivity index (χ0n) is 15.5. The van der Waals surface area contributed by atoms with Crippen molar-refractivity contribution >= 4 is 23.2 Å². The van der Waals surface area contributed by atoms with Crippen molar-refractivity contribution in [3.05, 3.63) is 95.1 Å². The lowest BCUT2D eigenvalue weighted by atomic mass is 10.2. The van der Waals surface area contributed by atoms with Crippen LogP contribution in [0.5, 0.6) is 0 Å². The van der Waals surface area contributed by atoms with Crippen LogP contribution in [-0.4, -0.2) is 34.7 Å². The van der Waals surface area contributed by atoms with Crippen LogP contribution in [-0.2, 0) is 17.9 Å². The van der Waals surface area contributed by atoms with Crippen LogP contribution in [0, 0.1) is 0 Å². The molecule has 1 aromatic carbocycles. The number of amides is 2. The molecule has 2 aromatic heterocycles. The van der Waals surface area contributed by atoms with E-state index < -0.39 is 0 Å². The second-order valence-electron chi connectivity index (χ2n) is 6.27. The summed E-state index contributed by atoms with van der Waals surface area (Å²) in [5.41, 5.74) is 1.04. The minimum atomic E-state index is -0.325. The fraction of sp³-hybridized carbons (Fsp3) is 0.182. The van der Waals surface area contributed by atoms with Crippen molar-refractivity contribution in [3.8, 4) is 0 Å². The maximum Gasteiger partial charge on any atom is 0.290 e. The van der Waals surface area contributed by atoms with Gasteiger partial charge in [0.1, 0.15) is 6.54 Å². The predicted molar refractivity (Wildman–Crippen MR) is 110 cm³/mol. The number of carbonyl (C=O) groups is 2. The standard InChI is InChI=1S/C22H22N2O3S/c1-2-12-23(22(26)20-11-6-13-27-20)17-21(25)24(16-19-10-7-14-28-19)15-18-8-4-3-5-9-18/h2-11,13-14H,1,12,15-17H2. The van der Waals surface area contributed by atoms with Gasteiger partial charge in [0.25, 0.3) is 5.91 Å². The summed E-state index contributed by atoms with van der Waals surface area (Å²) in [5.74, 6) is -0.240. The highest BCUT2D eigenvalue weighted by Crippen LogP contribution is 2.16. The normalized spacial score (nSPS) is 10.4. The third-order valence-electron chi connectivity index (χ3n) is 4.19. The van der Waals surface area contributed by atoms with Crippen LogP contribution >= 0.6 is 11.3 Å². The molecule has 5 nitrogen and oxygen atoms in total. The molecule has 0 unspecified atom stereocenters. The van der Waals surface area contributed by atoms with Gasteiger partial charge in [0.15, 0.2) is 5.76 Å². The van der Waals surface area contributed by atoms with Crippen LogP contribution in [0.15, 0.2) is 83.3 Å². The molecular weight excluding hydrogens is 372 g/mol. The summed E-state index contributed by atoms with van der Waals surface area (Å²) in [7, 11) is 0. The molecule has 0 atom stereocenters. The summed E-state index contributed by atoms with van der Waals surface area (Å²) in [6, 6.07) is 17.1. The molecule has 6 heteroatoms. The molecule has 0 radical (unpaired) electrons.